The van der Waals surface area contributed by atoms with Crippen molar-refractivity contribution < 1.29 is 18.5 Å². The summed E-state index contributed by atoms with van der Waals surface area (Å²) in [5, 5.41) is 0. The number of piperidine rings is 2. The molecule has 1 aromatic carbocycles. The minimum Gasteiger partial charge on any atom is -0.497 e. The van der Waals surface area contributed by atoms with Gasteiger partial charge in [0, 0.05) is 77.8 Å². The summed E-state index contributed by atoms with van der Waals surface area (Å²) in [7, 11) is 2.57. The fourth-order valence-electron chi connectivity index (χ4n) is 5.83. The van der Waals surface area contributed by atoms with Crippen LogP contribution in [0.3, 0.4) is 0 Å². The molecule has 1 aliphatic carbocycles. The molecule has 29 heavy (non-hydrogen) atoms. The van der Waals surface area contributed by atoms with Crippen LogP contribution in [0, 0.1) is 11.3 Å². The highest BCUT2D eigenvalue weighted by Gasteiger charge is 2.72. The molecule has 1 aromatic rings. The zero-order chi connectivity index (χ0) is 20.3. The Bertz CT molecular complexity index is 832. The maximum atomic E-state index is 13.3. The summed E-state index contributed by atoms with van der Waals surface area (Å²) >= 11 is 0. The largest absolute Gasteiger partial charge is 0.497 e. The van der Waals surface area contributed by atoms with E-state index >= 15 is 0 Å². The molecular weight excluding hydrogens is 390 g/mol. The molecule has 0 aromatic heterocycles. The number of benzene rings is 1. The first-order chi connectivity index (χ1) is 13.9. The van der Waals surface area contributed by atoms with Gasteiger partial charge in [-0.3, -0.25) is 4.21 Å². The third-order valence-electron chi connectivity index (χ3n) is 7.21. The molecule has 3 saturated heterocycles. The minimum absolute atomic E-state index is 0.131. The summed E-state index contributed by atoms with van der Waals surface area (Å²) in [6.07, 6.45) is 1.17. The molecule has 8 heteroatoms. The van der Waals surface area contributed by atoms with Gasteiger partial charge in [0.25, 0.3) is 0 Å². The molecule has 4 atom stereocenters. The minimum atomic E-state index is -0.772. The number of carbonyl (C=O) groups is 1. The van der Waals surface area contributed by atoms with Crippen molar-refractivity contribution in [2.45, 2.75) is 25.4 Å². The van der Waals surface area contributed by atoms with Gasteiger partial charge in [0.2, 0.25) is 0 Å². The number of ether oxygens (including phenoxy) is 2. The Balaban J connectivity index is 1.41. The zero-order valence-corrected chi connectivity index (χ0v) is 18.1. The number of methoxy groups -OCH3 is 2. The molecule has 2 amide bonds. The quantitative estimate of drug-likeness (QED) is 0.748. The highest BCUT2D eigenvalue weighted by molar-refractivity contribution is 7.85. The van der Waals surface area contributed by atoms with Crippen LogP contribution in [0.25, 0.3) is 0 Å². The highest BCUT2D eigenvalue weighted by Crippen LogP contribution is 2.63. The lowest BCUT2D eigenvalue weighted by molar-refractivity contribution is 0.113. The van der Waals surface area contributed by atoms with E-state index in [1.165, 1.54) is 6.42 Å². The molecule has 4 aliphatic rings. The van der Waals surface area contributed by atoms with E-state index in [1.54, 1.807) is 14.2 Å². The van der Waals surface area contributed by atoms with Gasteiger partial charge in [-0.05, 0) is 12.3 Å². The van der Waals surface area contributed by atoms with E-state index in [4.69, 9.17) is 9.47 Å². The van der Waals surface area contributed by atoms with Crippen LogP contribution in [0.5, 0.6) is 11.5 Å². The van der Waals surface area contributed by atoms with E-state index in [2.05, 4.69) is 28.9 Å². The van der Waals surface area contributed by atoms with Crippen LogP contribution >= 0.6 is 0 Å². The summed E-state index contributed by atoms with van der Waals surface area (Å²) in [6.45, 7) is 5.30. The lowest BCUT2D eigenvalue weighted by Gasteiger charge is -2.41. The Morgan fingerprint density at radius 1 is 1.07 bits per heavy atom. The van der Waals surface area contributed by atoms with E-state index in [1.807, 2.05) is 11.0 Å². The second-order valence-electron chi connectivity index (χ2n) is 8.96. The molecule has 3 aliphatic heterocycles. The first kappa shape index (κ1) is 19.0. The number of urea groups is 1. The molecule has 2 bridgehead atoms. The fourth-order valence-corrected chi connectivity index (χ4v) is 6.89. The van der Waals surface area contributed by atoms with Crippen LogP contribution in [-0.2, 0) is 10.8 Å². The van der Waals surface area contributed by atoms with E-state index in [0.29, 0.717) is 36.6 Å². The second-order valence-corrected chi connectivity index (χ2v) is 10.7. The van der Waals surface area contributed by atoms with Crippen molar-refractivity contribution in [3.8, 4) is 11.5 Å². The third kappa shape index (κ3) is 2.98. The number of rotatable bonds is 3. The van der Waals surface area contributed by atoms with Crippen molar-refractivity contribution in [2.24, 2.45) is 11.3 Å². The fraction of sp³-hybridized carbons (Fsp3) is 0.667. The van der Waals surface area contributed by atoms with Gasteiger partial charge in [-0.1, -0.05) is 6.92 Å². The van der Waals surface area contributed by atoms with Crippen molar-refractivity contribution >= 4 is 22.5 Å². The molecule has 4 fully saturated rings. The summed E-state index contributed by atoms with van der Waals surface area (Å²) in [5.41, 5.74) is 1.23. The number of fused-ring (bicyclic) bond motifs is 2. The second kappa shape index (κ2) is 6.79. The van der Waals surface area contributed by atoms with Gasteiger partial charge in [0.05, 0.1) is 26.3 Å². The Labute approximate surface area is 174 Å². The molecule has 0 N–H and O–H groups in total. The predicted molar refractivity (Wildman–Crippen MR) is 112 cm³/mol. The van der Waals surface area contributed by atoms with Gasteiger partial charge in [-0.25, -0.2) is 4.79 Å². The van der Waals surface area contributed by atoms with Crippen LogP contribution in [0.4, 0.5) is 10.5 Å². The third-order valence-corrected chi connectivity index (χ3v) is 8.49. The first-order valence-electron chi connectivity index (χ1n) is 10.3. The summed E-state index contributed by atoms with van der Waals surface area (Å²) in [6, 6.07) is 6.72. The summed E-state index contributed by atoms with van der Waals surface area (Å²) < 4.78 is 22.6. The number of amides is 2. The number of hydrogen-bond donors (Lipinski definition) is 0. The maximum absolute atomic E-state index is 13.3. The maximum Gasteiger partial charge on any atom is 0.320 e. The molecule has 3 unspecified atom stereocenters. The average Bonchev–Trinajstić information content (AvgIpc) is 3.42. The van der Waals surface area contributed by atoms with Crippen LogP contribution in [0.1, 0.15) is 13.3 Å². The number of nitrogens with zero attached hydrogens (tertiary/aromatic N) is 3. The monoisotopic (exact) mass is 419 g/mol. The first-order valence-corrected chi connectivity index (χ1v) is 11.8. The van der Waals surface area contributed by atoms with Crippen molar-refractivity contribution in [3.05, 3.63) is 18.2 Å². The Kier molecular flexibility index (Phi) is 4.46. The zero-order valence-electron chi connectivity index (χ0n) is 17.3. The van der Waals surface area contributed by atoms with Crippen molar-refractivity contribution in [1.29, 1.82) is 0 Å². The molecule has 5 rings (SSSR count). The van der Waals surface area contributed by atoms with Crippen molar-refractivity contribution in [1.82, 2.24) is 9.80 Å². The average molecular weight is 420 g/mol. The highest BCUT2D eigenvalue weighted by atomic mass is 32.2. The normalized spacial score (nSPS) is 33.5. The van der Waals surface area contributed by atoms with E-state index in [-0.39, 0.29) is 17.5 Å². The van der Waals surface area contributed by atoms with Crippen LogP contribution in [0.2, 0.25) is 0 Å². The SMILES string of the molecule is COc1cc(OC)cc(N2CC3CN(C(=O)N4CCS(=O)CC4)C4[C@@H]2C4(C)C3)c1. The molecule has 158 valence electrons. The number of anilines is 1. The Morgan fingerprint density at radius 3 is 2.34 bits per heavy atom. The molecule has 7 nitrogen and oxygen atoms in total. The van der Waals surface area contributed by atoms with Gasteiger partial charge >= 0.3 is 6.03 Å². The molecule has 0 spiro atoms. The van der Waals surface area contributed by atoms with Crippen molar-refractivity contribution in [3.63, 3.8) is 0 Å². The number of carbonyl (C=O) groups excluding carboxylic acids is 1. The van der Waals surface area contributed by atoms with Crippen LogP contribution in [0.15, 0.2) is 18.2 Å². The molecular formula is C21H29N3O4S. The number of hydrogen-bond acceptors (Lipinski definition) is 5. The molecule has 1 saturated carbocycles. The van der Waals surface area contributed by atoms with Crippen LogP contribution in [-0.4, -0.2) is 84.0 Å². The summed E-state index contributed by atoms with van der Waals surface area (Å²) in [4.78, 5) is 19.8. The number of likely N-dealkylation sites (tertiary alicyclic amines) is 1. The van der Waals surface area contributed by atoms with E-state index in [0.717, 1.165) is 30.3 Å². The molecule has 3 heterocycles. The van der Waals surface area contributed by atoms with E-state index in [9.17, 15) is 9.00 Å². The van der Waals surface area contributed by atoms with Gasteiger partial charge in [-0.2, -0.15) is 0 Å². The predicted octanol–water partition coefficient (Wildman–Crippen LogP) is 1.79. The molecule has 0 radical (unpaired) electrons. The van der Waals surface area contributed by atoms with Crippen molar-refractivity contribution in [2.75, 3.05) is 56.8 Å². The van der Waals surface area contributed by atoms with Crippen LogP contribution < -0.4 is 14.4 Å². The topological polar surface area (TPSA) is 62.3 Å². The van der Waals surface area contributed by atoms with E-state index < -0.39 is 10.8 Å². The summed E-state index contributed by atoms with van der Waals surface area (Å²) in [5.74, 6) is 3.23. The van der Waals surface area contributed by atoms with Gasteiger partial charge in [0.15, 0.2) is 0 Å². The van der Waals surface area contributed by atoms with Gasteiger partial charge in [-0.15, -0.1) is 0 Å². The van der Waals surface area contributed by atoms with Gasteiger partial charge < -0.3 is 24.2 Å². The Morgan fingerprint density at radius 2 is 1.72 bits per heavy atom. The lowest BCUT2D eigenvalue weighted by atomic mass is 9.85. The standard InChI is InChI=1S/C21H29N3O4S/c1-21-11-14-12-23(15-8-16(27-2)10-17(9-15)28-3)18(21)19(21)24(13-14)20(25)22-4-6-29(26)7-5-22/h8-10,14,18-19H,4-7,11-13H2,1-3H3/t14?,18-,19?,21?/m1/s1. The smallest absolute Gasteiger partial charge is 0.320 e. The lowest BCUT2D eigenvalue weighted by Crippen LogP contribution is -2.53. The Hall–Kier alpha value is -1.96. The van der Waals surface area contributed by atoms with Gasteiger partial charge in [0.1, 0.15) is 11.5 Å².